The highest BCUT2D eigenvalue weighted by atomic mass is 16.2. The Balaban J connectivity index is 1.58. The topological polar surface area (TPSA) is 32.3 Å². The van der Waals surface area contributed by atoms with Crippen molar-refractivity contribution in [3.8, 4) is 0 Å². The molecular formula is C15H26N2O. The molecule has 102 valence electrons. The van der Waals surface area contributed by atoms with Crippen LogP contribution >= 0.6 is 0 Å². The number of hydrogen-bond donors (Lipinski definition) is 1. The summed E-state index contributed by atoms with van der Waals surface area (Å²) in [6.45, 7) is 4.70. The fourth-order valence-corrected chi connectivity index (χ4v) is 2.90. The highest BCUT2D eigenvalue weighted by Crippen LogP contribution is 2.20. The molecule has 0 unspecified atom stereocenters. The molecule has 0 saturated carbocycles. The lowest BCUT2D eigenvalue weighted by atomic mass is 9.97. The van der Waals surface area contributed by atoms with Gasteiger partial charge in [0.15, 0.2) is 0 Å². The Labute approximate surface area is 111 Å². The highest BCUT2D eigenvalue weighted by molar-refractivity contribution is 5.78. The lowest BCUT2D eigenvalue weighted by molar-refractivity contribution is -0.124. The molecule has 0 spiro atoms. The van der Waals surface area contributed by atoms with E-state index in [1.165, 1.54) is 44.1 Å². The van der Waals surface area contributed by atoms with Gasteiger partial charge < -0.3 is 5.32 Å². The van der Waals surface area contributed by atoms with Crippen molar-refractivity contribution in [1.29, 1.82) is 0 Å². The molecule has 0 radical (unpaired) electrons. The molecule has 1 aliphatic carbocycles. The van der Waals surface area contributed by atoms with Crippen molar-refractivity contribution in [3.05, 3.63) is 11.6 Å². The summed E-state index contributed by atoms with van der Waals surface area (Å²) in [7, 11) is 0. The maximum atomic E-state index is 11.8. The van der Waals surface area contributed by atoms with Crippen LogP contribution in [0.25, 0.3) is 0 Å². The molecule has 1 N–H and O–H groups in total. The van der Waals surface area contributed by atoms with Crippen molar-refractivity contribution >= 4 is 5.91 Å². The summed E-state index contributed by atoms with van der Waals surface area (Å²) >= 11 is 0. The fourth-order valence-electron chi connectivity index (χ4n) is 2.90. The maximum Gasteiger partial charge on any atom is 0.234 e. The number of rotatable bonds is 6. The van der Waals surface area contributed by atoms with Gasteiger partial charge in [0.05, 0.1) is 6.54 Å². The molecule has 0 aromatic heterocycles. The van der Waals surface area contributed by atoms with Gasteiger partial charge in [0.1, 0.15) is 0 Å². The van der Waals surface area contributed by atoms with Crippen LogP contribution in [0.3, 0.4) is 0 Å². The molecule has 1 saturated heterocycles. The molecule has 0 aromatic carbocycles. The van der Waals surface area contributed by atoms with Gasteiger partial charge in [-0.3, -0.25) is 9.69 Å². The molecular weight excluding hydrogens is 224 g/mol. The molecule has 1 atom stereocenters. The second-order valence-electron chi connectivity index (χ2n) is 5.53. The number of allylic oxidation sites excluding steroid dienone is 1. The minimum Gasteiger partial charge on any atom is -0.355 e. The minimum absolute atomic E-state index is 0.199. The average Bonchev–Trinajstić information content (AvgIpc) is 2.37. The van der Waals surface area contributed by atoms with Gasteiger partial charge in [0.25, 0.3) is 0 Å². The first-order valence-electron chi connectivity index (χ1n) is 7.48. The number of hydrogen-bond acceptors (Lipinski definition) is 2. The predicted molar refractivity (Wildman–Crippen MR) is 74.4 cm³/mol. The monoisotopic (exact) mass is 250 g/mol. The SMILES string of the molecule is CC[C@H]1CCN1CC(=O)NCCC1=CCCCC1. The van der Waals surface area contributed by atoms with Crippen LogP contribution < -0.4 is 5.32 Å². The lowest BCUT2D eigenvalue weighted by Gasteiger charge is -2.39. The third kappa shape index (κ3) is 3.84. The van der Waals surface area contributed by atoms with Gasteiger partial charge in [-0.25, -0.2) is 0 Å². The number of likely N-dealkylation sites (tertiary alicyclic amines) is 1. The van der Waals surface area contributed by atoms with E-state index in [4.69, 9.17) is 0 Å². The maximum absolute atomic E-state index is 11.8. The van der Waals surface area contributed by atoms with E-state index < -0.39 is 0 Å². The van der Waals surface area contributed by atoms with Gasteiger partial charge >= 0.3 is 0 Å². The smallest absolute Gasteiger partial charge is 0.234 e. The van der Waals surface area contributed by atoms with Crippen LogP contribution in [0.2, 0.25) is 0 Å². The van der Waals surface area contributed by atoms with E-state index in [0.29, 0.717) is 12.6 Å². The van der Waals surface area contributed by atoms with E-state index in [0.717, 1.165) is 19.5 Å². The Bertz CT molecular complexity index is 310. The third-order valence-electron chi connectivity index (χ3n) is 4.24. The summed E-state index contributed by atoms with van der Waals surface area (Å²) < 4.78 is 0. The van der Waals surface area contributed by atoms with Crippen molar-refractivity contribution in [2.45, 2.75) is 57.9 Å². The van der Waals surface area contributed by atoms with E-state index in [2.05, 4.69) is 23.2 Å². The van der Waals surface area contributed by atoms with Gasteiger partial charge in [-0.15, -0.1) is 0 Å². The van der Waals surface area contributed by atoms with Crippen LogP contribution in [0.1, 0.15) is 51.9 Å². The largest absolute Gasteiger partial charge is 0.355 e. The zero-order valence-corrected chi connectivity index (χ0v) is 11.6. The third-order valence-corrected chi connectivity index (χ3v) is 4.24. The lowest BCUT2D eigenvalue weighted by Crippen LogP contribution is -2.51. The van der Waals surface area contributed by atoms with E-state index in [1.54, 1.807) is 0 Å². The summed E-state index contributed by atoms with van der Waals surface area (Å²) in [4.78, 5) is 14.1. The number of nitrogens with zero attached hydrogens (tertiary/aromatic N) is 1. The molecule has 18 heavy (non-hydrogen) atoms. The number of nitrogens with one attached hydrogen (secondary N) is 1. The van der Waals surface area contributed by atoms with E-state index in [-0.39, 0.29) is 5.91 Å². The highest BCUT2D eigenvalue weighted by Gasteiger charge is 2.27. The molecule has 1 fully saturated rings. The van der Waals surface area contributed by atoms with Crippen LogP contribution in [0, 0.1) is 0 Å². The summed E-state index contributed by atoms with van der Waals surface area (Å²) in [6.07, 6.45) is 11.0. The number of carbonyl (C=O) groups is 1. The van der Waals surface area contributed by atoms with Crippen molar-refractivity contribution in [3.63, 3.8) is 0 Å². The minimum atomic E-state index is 0.199. The zero-order chi connectivity index (χ0) is 12.8. The second kappa shape index (κ2) is 6.93. The summed E-state index contributed by atoms with van der Waals surface area (Å²) in [5.74, 6) is 0.199. The van der Waals surface area contributed by atoms with Crippen molar-refractivity contribution in [2.75, 3.05) is 19.6 Å². The Hall–Kier alpha value is -0.830. The molecule has 1 amide bonds. The first-order chi connectivity index (χ1) is 8.79. The van der Waals surface area contributed by atoms with Crippen LogP contribution in [-0.4, -0.2) is 36.5 Å². The Kier molecular flexibility index (Phi) is 5.24. The van der Waals surface area contributed by atoms with Crippen molar-refractivity contribution in [1.82, 2.24) is 10.2 Å². The molecule has 3 nitrogen and oxygen atoms in total. The van der Waals surface area contributed by atoms with Crippen molar-refractivity contribution in [2.24, 2.45) is 0 Å². The van der Waals surface area contributed by atoms with E-state index in [9.17, 15) is 4.79 Å². The summed E-state index contributed by atoms with van der Waals surface area (Å²) in [6, 6.07) is 0.650. The Morgan fingerprint density at radius 1 is 1.50 bits per heavy atom. The standard InChI is InChI=1S/C15H26N2O/c1-2-14-9-11-17(14)12-15(18)16-10-8-13-6-4-3-5-7-13/h6,14H,2-5,7-12H2,1H3,(H,16,18)/t14-/m0/s1. The first kappa shape index (κ1) is 13.6. The van der Waals surface area contributed by atoms with Crippen LogP contribution in [0.5, 0.6) is 0 Å². The first-order valence-corrected chi connectivity index (χ1v) is 7.48. The van der Waals surface area contributed by atoms with Crippen LogP contribution in [-0.2, 0) is 4.79 Å². The van der Waals surface area contributed by atoms with E-state index >= 15 is 0 Å². The number of carbonyl (C=O) groups excluding carboxylic acids is 1. The molecule has 1 aliphatic heterocycles. The van der Waals surface area contributed by atoms with E-state index in [1.807, 2.05) is 0 Å². The van der Waals surface area contributed by atoms with Gasteiger partial charge in [0.2, 0.25) is 5.91 Å². The van der Waals surface area contributed by atoms with Crippen LogP contribution in [0.15, 0.2) is 11.6 Å². The predicted octanol–water partition coefficient (Wildman–Crippen LogP) is 2.48. The zero-order valence-electron chi connectivity index (χ0n) is 11.6. The number of amides is 1. The van der Waals surface area contributed by atoms with Crippen molar-refractivity contribution < 1.29 is 4.79 Å². The molecule has 2 aliphatic rings. The van der Waals surface area contributed by atoms with Gasteiger partial charge in [0, 0.05) is 19.1 Å². The summed E-state index contributed by atoms with van der Waals surface area (Å²) in [5, 5.41) is 3.05. The van der Waals surface area contributed by atoms with Gasteiger partial charge in [-0.1, -0.05) is 18.6 Å². The molecule has 0 aromatic rings. The summed E-state index contributed by atoms with van der Waals surface area (Å²) in [5.41, 5.74) is 1.54. The van der Waals surface area contributed by atoms with Gasteiger partial charge in [-0.2, -0.15) is 0 Å². The quantitative estimate of drug-likeness (QED) is 0.735. The second-order valence-corrected chi connectivity index (χ2v) is 5.53. The Morgan fingerprint density at radius 2 is 2.39 bits per heavy atom. The molecule has 2 rings (SSSR count). The van der Waals surface area contributed by atoms with Crippen LogP contribution in [0.4, 0.5) is 0 Å². The Morgan fingerprint density at radius 3 is 3.00 bits per heavy atom. The molecule has 3 heteroatoms. The molecule has 0 bridgehead atoms. The normalized spacial score (nSPS) is 24.3. The molecule has 1 heterocycles. The van der Waals surface area contributed by atoms with Gasteiger partial charge in [-0.05, 0) is 44.9 Å². The fraction of sp³-hybridized carbons (Fsp3) is 0.800. The average molecular weight is 250 g/mol.